The van der Waals surface area contributed by atoms with Crippen LogP contribution < -0.4 is 5.32 Å². The molecule has 2 N–H and O–H groups in total. The van der Waals surface area contributed by atoms with E-state index in [1.165, 1.54) is 25.2 Å². The maximum atomic E-state index is 13.0. The fourth-order valence-corrected chi connectivity index (χ4v) is 4.62. The van der Waals surface area contributed by atoms with Crippen LogP contribution in [-0.4, -0.2) is 37.7 Å². The molecule has 0 saturated carbocycles. The first-order valence-electron chi connectivity index (χ1n) is 11.0. The minimum atomic E-state index is -0.606. The molecule has 0 bridgehead atoms. The maximum absolute atomic E-state index is 13.0. The third kappa shape index (κ3) is 4.42. The van der Waals surface area contributed by atoms with Gasteiger partial charge in [0.15, 0.2) is 0 Å². The van der Waals surface area contributed by atoms with Crippen molar-refractivity contribution < 1.29 is 19.1 Å². The number of H-pyrrole nitrogens is 1. The van der Waals surface area contributed by atoms with Crippen molar-refractivity contribution in [3.05, 3.63) is 94.8 Å². The zero-order valence-corrected chi connectivity index (χ0v) is 19.1. The van der Waals surface area contributed by atoms with Crippen molar-refractivity contribution in [2.45, 2.75) is 19.3 Å². The molecule has 3 aromatic rings. The molecular weight excluding hydrogens is 416 g/mol. The average molecular weight is 445 g/mol. The van der Waals surface area contributed by atoms with Gasteiger partial charge in [-0.1, -0.05) is 54.1 Å². The third-order valence-corrected chi connectivity index (χ3v) is 6.20. The summed E-state index contributed by atoms with van der Waals surface area (Å²) < 4.78 is 10.3. The van der Waals surface area contributed by atoms with E-state index in [0.717, 1.165) is 23.1 Å². The van der Waals surface area contributed by atoms with Gasteiger partial charge in [0.1, 0.15) is 0 Å². The van der Waals surface area contributed by atoms with Crippen LogP contribution in [0.25, 0.3) is 10.9 Å². The first-order chi connectivity index (χ1) is 16.0. The molecule has 2 atom stereocenters. The normalized spacial score (nSPS) is 18.1. The number of ether oxygens (including phenoxy) is 2. The van der Waals surface area contributed by atoms with Gasteiger partial charge in [0.25, 0.3) is 0 Å². The van der Waals surface area contributed by atoms with E-state index < -0.39 is 17.8 Å². The second kappa shape index (κ2) is 9.77. The van der Waals surface area contributed by atoms with Gasteiger partial charge in [-0.25, -0.2) is 4.79 Å². The van der Waals surface area contributed by atoms with Gasteiger partial charge in [0.2, 0.25) is 0 Å². The van der Waals surface area contributed by atoms with Crippen molar-refractivity contribution in [3.8, 4) is 0 Å². The number of aromatic amines is 1. The quantitative estimate of drug-likeness (QED) is 0.532. The SMILES string of the molecule is COC(=O)C1=C(NCCc2c[nH]c3ccccc23)C=C(C)[C@@H](C(=O)OC)[C@H]1c1ccccc1. The molecule has 0 radical (unpaired) electrons. The summed E-state index contributed by atoms with van der Waals surface area (Å²) in [6, 6.07) is 17.7. The Morgan fingerprint density at radius 1 is 1.00 bits per heavy atom. The zero-order valence-electron chi connectivity index (χ0n) is 19.1. The van der Waals surface area contributed by atoms with Gasteiger partial charge in [-0.05, 0) is 36.6 Å². The molecule has 0 aliphatic heterocycles. The molecular formula is C27H28N2O4. The van der Waals surface area contributed by atoms with Gasteiger partial charge in [-0.2, -0.15) is 0 Å². The Kier molecular flexibility index (Phi) is 6.63. The highest BCUT2D eigenvalue weighted by Crippen LogP contribution is 2.42. The number of carbonyl (C=O) groups excluding carboxylic acids is 2. The Morgan fingerprint density at radius 2 is 1.73 bits per heavy atom. The van der Waals surface area contributed by atoms with Crippen molar-refractivity contribution in [1.29, 1.82) is 0 Å². The summed E-state index contributed by atoms with van der Waals surface area (Å²) >= 11 is 0. The molecule has 1 aliphatic carbocycles. The summed E-state index contributed by atoms with van der Waals surface area (Å²) in [4.78, 5) is 29.0. The van der Waals surface area contributed by atoms with E-state index in [1.807, 2.05) is 61.7 Å². The fourth-order valence-electron chi connectivity index (χ4n) is 4.62. The van der Waals surface area contributed by atoms with E-state index in [9.17, 15) is 9.59 Å². The van der Waals surface area contributed by atoms with Crippen LogP contribution in [0, 0.1) is 5.92 Å². The number of aromatic nitrogens is 1. The van der Waals surface area contributed by atoms with Gasteiger partial charge in [-0.3, -0.25) is 4.79 Å². The molecule has 0 fully saturated rings. The van der Waals surface area contributed by atoms with Crippen molar-refractivity contribution in [3.63, 3.8) is 0 Å². The van der Waals surface area contributed by atoms with Gasteiger partial charge >= 0.3 is 11.9 Å². The fraction of sp³-hybridized carbons (Fsp3) is 0.259. The second-order valence-electron chi connectivity index (χ2n) is 8.13. The minimum absolute atomic E-state index is 0.378. The standard InChI is InChI=1S/C27H28N2O4/c1-17-15-22(28-14-13-19-16-29-21-12-8-7-11-20(19)21)25(27(31)33-3)24(23(17)26(30)32-2)18-9-5-4-6-10-18/h4-12,15-16,23-24,28-29H,13-14H2,1-3H3/t23-,24-/m1/s1. The summed E-state index contributed by atoms with van der Waals surface area (Å²) in [7, 11) is 2.73. The number of benzene rings is 2. The molecule has 33 heavy (non-hydrogen) atoms. The summed E-state index contributed by atoms with van der Waals surface area (Å²) in [5.74, 6) is -1.95. The van der Waals surface area contributed by atoms with Gasteiger partial charge in [0.05, 0.1) is 25.7 Å². The topological polar surface area (TPSA) is 80.4 Å². The number of fused-ring (bicyclic) bond motifs is 1. The number of methoxy groups -OCH3 is 2. The van der Waals surface area contributed by atoms with Crippen LogP contribution >= 0.6 is 0 Å². The van der Waals surface area contributed by atoms with Crippen molar-refractivity contribution in [2.24, 2.45) is 5.92 Å². The highest BCUT2D eigenvalue weighted by atomic mass is 16.5. The highest BCUT2D eigenvalue weighted by molar-refractivity contribution is 5.95. The lowest BCUT2D eigenvalue weighted by Gasteiger charge is -2.33. The number of nitrogens with one attached hydrogen (secondary N) is 2. The maximum Gasteiger partial charge on any atom is 0.336 e. The number of allylic oxidation sites excluding steroid dienone is 1. The molecule has 170 valence electrons. The molecule has 6 nitrogen and oxygen atoms in total. The van der Waals surface area contributed by atoms with Crippen molar-refractivity contribution in [2.75, 3.05) is 20.8 Å². The lowest BCUT2D eigenvalue weighted by atomic mass is 9.73. The number of hydrogen-bond acceptors (Lipinski definition) is 5. The van der Waals surface area contributed by atoms with E-state index >= 15 is 0 Å². The highest BCUT2D eigenvalue weighted by Gasteiger charge is 2.41. The molecule has 0 saturated heterocycles. The predicted molar refractivity (Wildman–Crippen MR) is 127 cm³/mol. The lowest BCUT2D eigenvalue weighted by Crippen LogP contribution is -2.35. The summed E-state index contributed by atoms with van der Waals surface area (Å²) in [6.45, 7) is 2.51. The number of rotatable bonds is 7. The number of esters is 2. The predicted octanol–water partition coefficient (Wildman–Crippen LogP) is 4.26. The minimum Gasteiger partial charge on any atom is -0.469 e. The van der Waals surface area contributed by atoms with Gasteiger partial charge in [-0.15, -0.1) is 0 Å². The van der Waals surface area contributed by atoms with E-state index in [-0.39, 0.29) is 5.97 Å². The Hall–Kier alpha value is -3.80. The van der Waals surface area contributed by atoms with E-state index in [0.29, 0.717) is 17.8 Å². The van der Waals surface area contributed by atoms with Gasteiger partial charge in [0, 0.05) is 35.3 Å². The third-order valence-electron chi connectivity index (χ3n) is 6.20. The summed E-state index contributed by atoms with van der Waals surface area (Å²) in [5.41, 5.74) is 5.09. The largest absolute Gasteiger partial charge is 0.469 e. The molecule has 4 rings (SSSR count). The smallest absolute Gasteiger partial charge is 0.336 e. The molecule has 0 spiro atoms. The monoisotopic (exact) mass is 444 g/mol. The van der Waals surface area contributed by atoms with E-state index in [4.69, 9.17) is 9.47 Å². The average Bonchev–Trinajstić information content (AvgIpc) is 3.26. The first-order valence-corrected chi connectivity index (χ1v) is 11.0. The Morgan fingerprint density at radius 3 is 2.45 bits per heavy atom. The van der Waals surface area contributed by atoms with Crippen LogP contribution in [0.15, 0.2) is 83.7 Å². The Bertz CT molecular complexity index is 1220. The van der Waals surface area contributed by atoms with Crippen LogP contribution in [0.3, 0.4) is 0 Å². The number of para-hydroxylation sites is 1. The summed E-state index contributed by atoms with van der Waals surface area (Å²) in [6.07, 6.45) is 4.65. The molecule has 0 unspecified atom stereocenters. The lowest BCUT2D eigenvalue weighted by molar-refractivity contribution is -0.145. The number of carbonyl (C=O) groups is 2. The van der Waals surface area contributed by atoms with E-state index in [2.05, 4.69) is 22.4 Å². The molecule has 1 aliphatic rings. The van der Waals surface area contributed by atoms with Crippen molar-refractivity contribution >= 4 is 22.8 Å². The second-order valence-corrected chi connectivity index (χ2v) is 8.13. The van der Waals surface area contributed by atoms with Crippen molar-refractivity contribution in [1.82, 2.24) is 10.3 Å². The molecule has 6 heteroatoms. The van der Waals surface area contributed by atoms with Crippen LogP contribution in [0.2, 0.25) is 0 Å². The molecule has 0 amide bonds. The zero-order chi connectivity index (χ0) is 23.4. The Labute approximate surface area is 193 Å². The molecule has 1 heterocycles. The summed E-state index contributed by atoms with van der Waals surface area (Å²) in [5, 5.41) is 4.62. The van der Waals surface area contributed by atoms with E-state index in [1.54, 1.807) is 0 Å². The van der Waals surface area contributed by atoms with Crippen LogP contribution in [-0.2, 0) is 25.5 Å². The van der Waals surface area contributed by atoms with Crippen LogP contribution in [0.1, 0.15) is 24.0 Å². The number of hydrogen-bond donors (Lipinski definition) is 2. The Balaban J connectivity index is 1.69. The molecule has 1 aromatic heterocycles. The van der Waals surface area contributed by atoms with Crippen LogP contribution in [0.5, 0.6) is 0 Å². The molecule has 2 aromatic carbocycles. The van der Waals surface area contributed by atoms with Crippen LogP contribution in [0.4, 0.5) is 0 Å². The van der Waals surface area contributed by atoms with Gasteiger partial charge < -0.3 is 19.8 Å². The first kappa shape index (κ1) is 22.4.